The summed E-state index contributed by atoms with van der Waals surface area (Å²) in [6, 6.07) is -0.534. The zero-order chi connectivity index (χ0) is 6.85. The third-order valence-corrected chi connectivity index (χ3v) is 1.60. The number of carbonyl (C=O) groups is 1. The Morgan fingerprint density at radius 3 is 2.78 bits per heavy atom. The molecule has 1 aliphatic rings. The SMILES string of the molecule is O=C(O)C1C=CCN1S. The van der Waals surface area contributed by atoms with E-state index in [9.17, 15) is 4.79 Å². The molecule has 0 radical (unpaired) electrons. The maximum Gasteiger partial charge on any atom is 0.325 e. The predicted molar refractivity (Wildman–Crippen MR) is 36.3 cm³/mol. The number of hydrogen-bond donors (Lipinski definition) is 2. The number of carboxylic acids is 1. The van der Waals surface area contributed by atoms with Crippen LogP contribution in [0.5, 0.6) is 0 Å². The van der Waals surface area contributed by atoms with E-state index < -0.39 is 12.0 Å². The molecule has 50 valence electrons. The van der Waals surface area contributed by atoms with Gasteiger partial charge in [0.2, 0.25) is 0 Å². The van der Waals surface area contributed by atoms with Crippen LogP contribution in [0.25, 0.3) is 0 Å². The van der Waals surface area contributed by atoms with Crippen LogP contribution in [0.4, 0.5) is 0 Å². The van der Waals surface area contributed by atoms with Crippen molar-refractivity contribution in [3.63, 3.8) is 0 Å². The van der Waals surface area contributed by atoms with Crippen molar-refractivity contribution in [2.45, 2.75) is 6.04 Å². The Labute approximate surface area is 58.5 Å². The van der Waals surface area contributed by atoms with Crippen LogP contribution in [-0.2, 0) is 4.79 Å². The van der Waals surface area contributed by atoms with E-state index in [1.807, 2.05) is 0 Å². The first-order valence-corrected chi connectivity index (χ1v) is 2.97. The number of thiol groups is 1. The largest absolute Gasteiger partial charge is 0.480 e. The molecular formula is C5H7NO2S. The highest BCUT2D eigenvalue weighted by molar-refractivity contribution is 7.77. The summed E-state index contributed by atoms with van der Waals surface area (Å²) in [6.07, 6.45) is 3.40. The molecule has 0 aliphatic carbocycles. The fraction of sp³-hybridized carbons (Fsp3) is 0.400. The van der Waals surface area contributed by atoms with Crippen molar-refractivity contribution in [2.75, 3.05) is 6.54 Å². The molecule has 0 aromatic rings. The van der Waals surface area contributed by atoms with Crippen LogP contribution in [0.3, 0.4) is 0 Å². The monoisotopic (exact) mass is 145 g/mol. The van der Waals surface area contributed by atoms with Gasteiger partial charge in [-0.15, -0.1) is 0 Å². The Morgan fingerprint density at radius 2 is 2.56 bits per heavy atom. The minimum atomic E-state index is -0.848. The summed E-state index contributed by atoms with van der Waals surface area (Å²) in [7, 11) is 0. The molecule has 1 heterocycles. The normalized spacial score (nSPS) is 27.0. The van der Waals surface area contributed by atoms with Crippen molar-refractivity contribution in [1.29, 1.82) is 0 Å². The molecular weight excluding hydrogens is 138 g/mol. The highest BCUT2D eigenvalue weighted by atomic mass is 32.1. The van der Waals surface area contributed by atoms with E-state index in [0.29, 0.717) is 6.54 Å². The second kappa shape index (κ2) is 2.41. The molecule has 3 nitrogen and oxygen atoms in total. The third-order valence-electron chi connectivity index (χ3n) is 1.18. The zero-order valence-electron chi connectivity index (χ0n) is 4.69. The summed E-state index contributed by atoms with van der Waals surface area (Å²) in [5.41, 5.74) is 0. The van der Waals surface area contributed by atoms with Crippen molar-refractivity contribution in [2.24, 2.45) is 0 Å². The van der Waals surface area contributed by atoms with Gasteiger partial charge in [-0.05, 0) is 0 Å². The van der Waals surface area contributed by atoms with Gasteiger partial charge in [0, 0.05) is 6.54 Å². The third kappa shape index (κ3) is 1.25. The van der Waals surface area contributed by atoms with Crippen molar-refractivity contribution < 1.29 is 9.90 Å². The lowest BCUT2D eigenvalue weighted by Gasteiger charge is -2.11. The Hall–Kier alpha value is -0.480. The maximum absolute atomic E-state index is 10.3. The summed E-state index contributed by atoms with van der Waals surface area (Å²) in [4.78, 5) is 10.3. The maximum atomic E-state index is 10.3. The molecule has 4 heteroatoms. The van der Waals surface area contributed by atoms with E-state index in [1.165, 1.54) is 4.31 Å². The van der Waals surface area contributed by atoms with E-state index in [2.05, 4.69) is 12.8 Å². The Bertz CT molecular complexity index is 157. The van der Waals surface area contributed by atoms with E-state index in [4.69, 9.17) is 5.11 Å². The van der Waals surface area contributed by atoms with Crippen molar-refractivity contribution in [3.8, 4) is 0 Å². The van der Waals surface area contributed by atoms with Gasteiger partial charge in [-0.3, -0.25) is 4.79 Å². The second-order valence-electron chi connectivity index (χ2n) is 1.83. The number of hydrogen-bond acceptors (Lipinski definition) is 3. The fourth-order valence-corrected chi connectivity index (χ4v) is 0.991. The lowest BCUT2D eigenvalue weighted by molar-refractivity contribution is -0.139. The Morgan fingerprint density at radius 1 is 1.89 bits per heavy atom. The van der Waals surface area contributed by atoms with Gasteiger partial charge >= 0.3 is 5.97 Å². The predicted octanol–water partition coefficient (Wildman–Crippen LogP) is 0.156. The average molecular weight is 145 g/mol. The van der Waals surface area contributed by atoms with E-state index in [-0.39, 0.29) is 0 Å². The quantitative estimate of drug-likeness (QED) is 0.408. The first-order valence-electron chi connectivity index (χ1n) is 2.57. The van der Waals surface area contributed by atoms with Crippen molar-refractivity contribution in [3.05, 3.63) is 12.2 Å². The van der Waals surface area contributed by atoms with Gasteiger partial charge in [0.05, 0.1) is 0 Å². The van der Waals surface area contributed by atoms with Gasteiger partial charge in [-0.2, -0.15) is 0 Å². The summed E-state index contributed by atoms with van der Waals surface area (Å²) in [5, 5.41) is 8.44. The van der Waals surface area contributed by atoms with Gasteiger partial charge in [0.25, 0.3) is 0 Å². The van der Waals surface area contributed by atoms with Crippen LogP contribution in [-0.4, -0.2) is 28.0 Å². The first-order chi connectivity index (χ1) is 4.22. The molecule has 0 fully saturated rings. The number of carboxylic acid groups (broad SMARTS) is 1. The molecule has 1 N–H and O–H groups in total. The highest BCUT2D eigenvalue weighted by Crippen LogP contribution is 2.10. The van der Waals surface area contributed by atoms with Crippen LogP contribution in [0.2, 0.25) is 0 Å². The summed E-state index contributed by atoms with van der Waals surface area (Å²) in [6.45, 7) is 0.611. The number of aliphatic carboxylic acids is 1. The molecule has 0 aromatic carbocycles. The number of nitrogens with zero attached hydrogens (tertiary/aromatic N) is 1. The lowest BCUT2D eigenvalue weighted by atomic mass is 10.3. The molecule has 1 aliphatic heterocycles. The summed E-state index contributed by atoms with van der Waals surface area (Å²) >= 11 is 3.92. The zero-order valence-corrected chi connectivity index (χ0v) is 5.58. The topological polar surface area (TPSA) is 40.5 Å². The Kier molecular flexibility index (Phi) is 1.78. The van der Waals surface area contributed by atoms with Crippen LogP contribution in [0.15, 0.2) is 12.2 Å². The Balaban J connectivity index is 2.59. The van der Waals surface area contributed by atoms with E-state index in [1.54, 1.807) is 12.2 Å². The van der Waals surface area contributed by atoms with Gasteiger partial charge in [-0.1, -0.05) is 25.0 Å². The van der Waals surface area contributed by atoms with E-state index in [0.717, 1.165) is 0 Å². The second-order valence-corrected chi connectivity index (χ2v) is 2.35. The number of rotatable bonds is 1. The molecule has 0 bridgehead atoms. The summed E-state index contributed by atoms with van der Waals surface area (Å²) in [5.74, 6) is -0.848. The minimum Gasteiger partial charge on any atom is -0.480 e. The lowest BCUT2D eigenvalue weighted by Crippen LogP contribution is -2.28. The van der Waals surface area contributed by atoms with Gasteiger partial charge in [0.15, 0.2) is 0 Å². The first kappa shape index (κ1) is 6.64. The van der Waals surface area contributed by atoms with Crippen molar-refractivity contribution in [1.82, 2.24) is 4.31 Å². The average Bonchev–Trinajstić information content (AvgIpc) is 2.13. The minimum absolute atomic E-state index is 0.534. The van der Waals surface area contributed by atoms with Gasteiger partial charge < -0.3 is 5.11 Å². The summed E-state index contributed by atoms with van der Waals surface area (Å²) < 4.78 is 1.46. The van der Waals surface area contributed by atoms with Crippen LogP contribution in [0.1, 0.15) is 0 Å². The molecule has 9 heavy (non-hydrogen) atoms. The van der Waals surface area contributed by atoms with Gasteiger partial charge in [-0.25, -0.2) is 4.31 Å². The van der Waals surface area contributed by atoms with Gasteiger partial charge in [0.1, 0.15) is 6.04 Å². The molecule has 0 amide bonds. The van der Waals surface area contributed by atoms with Crippen LogP contribution >= 0.6 is 12.8 Å². The molecule has 0 saturated carbocycles. The molecule has 1 rings (SSSR count). The molecule has 1 atom stereocenters. The van der Waals surface area contributed by atoms with Crippen LogP contribution in [0, 0.1) is 0 Å². The van der Waals surface area contributed by atoms with Crippen LogP contribution < -0.4 is 0 Å². The fourth-order valence-electron chi connectivity index (χ4n) is 0.720. The van der Waals surface area contributed by atoms with Crippen molar-refractivity contribution >= 4 is 18.8 Å². The van der Waals surface area contributed by atoms with E-state index >= 15 is 0 Å². The molecule has 0 spiro atoms. The molecule has 1 unspecified atom stereocenters. The highest BCUT2D eigenvalue weighted by Gasteiger charge is 2.22. The molecule has 0 saturated heterocycles. The molecule has 0 aromatic heterocycles. The standard InChI is InChI=1S/C5H7NO2S/c7-5(8)4-2-1-3-6(4)9/h1-2,4,9H,3H2,(H,7,8). The smallest absolute Gasteiger partial charge is 0.325 e.